The van der Waals surface area contributed by atoms with Gasteiger partial charge in [-0.05, 0) is 52.0 Å². The lowest BCUT2D eigenvalue weighted by Gasteiger charge is -2.42. The second-order valence-electron chi connectivity index (χ2n) is 9.64. The van der Waals surface area contributed by atoms with Gasteiger partial charge in [0.25, 0.3) is 5.91 Å². The van der Waals surface area contributed by atoms with Crippen LogP contribution in [0.3, 0.4) is 0 Å². The number of fused-ring (bicyclic) bond motifs is 1. The van der Waals surface area contributed by atoms with E-state index in [-0.39, 0.29) is 6.54 Å². The molecule has 1 aromatic carbocycles. The highest BCUT2D eigenvalue weighted by Crippen LogP contribution is 2.37. The van der Waals surface area contributed by atoms with Gasteiger partial charge in [0.1, 0.15) is 11.4 Å². The van der Waals surface area contributed by atoms with Gasteiger partial charge < -0.3 is 24.8 Å². The molecule has 1 fully saturated rings. The molecule has 2 atom stereocenters. The zero-order chi connectivity index (χ0) is 25.5. The van der Waals surface area contributed by atoms with Gasteiger partial charge in [-0.1, -0.05) is 11.6 Å². The summed E-state index contributed by atoms with van der Waals surface area (Å²) in [4.78, 5) is 32.3. The summed E-state index contributed by atoms with van der Waals surface area (Å²) < 4.78 is 11.0. The van der Waals surface area contributed by atoms with E-state index >= 15 is 0 Å². The summed E-state index contributed by atoms with van der Waals surface area (Å²) in [5, 5.41) is 13.6. The first-order chi connectivity index (χ1) is 16.4. The average Bonchev–Trinajstić information content (AvgIpc) is 3.13. The van der Waals surface area contributed by atoms with Gasteiger partial charge in [-0.25, -0.2) is 14.7 Å². The number of aromatic nitrogens is 1. The number of benzene rings is 1. The minimum atomic E-state index is -0.959. The molecule has 35 heavy (non-hydrogen) atoms. The predicted octanol–water partition coefficient (Wildman–Crippen LogP) is 4.21. The topological polar surface area (TPSA) is 104 Å². The van der Waals surface area contributed by atoms with Gasteiger partial charge in [0.05, 0.1) is 48.9 Å². The number of anilines is 3. The molecule has 2 amide bonds. The van der Waals surface area contributed by atoms with Gasteiger partial charge in [-0.2, -0.15) is 0 Å². The molecule has 2 unspecified atom stereocenters. The molecule has 1 aromatic heterocycles. The number of aliphatic hydroxyl groups is 1. The van der Waals surface area contributed by atoms with Crippen molar-refractivity contribution in [2.75, 3.05) is 29.9 Å². The number of ether oxygens (including phenoxy) is 2. The number of halogens is 1. The number of morpholine rings is 1. The normalized spacial score (nSPS) is 21.1. The summed E-state index contributed by atoms with van der Waals surface area (Å²) in [6, 6.07) is 7.05. The number of aliphatic hydroxyl groups excluding tert-OH is 1. The van der Waals surface area contributed by atoms with E-state index in [1.807, 2.05) is 11.0 Å². The third kappa shape index (κ3) is 5.35. The summed E-state index contributed by atoms with van der Waals surface area (Å²) in [5.74, 6) is 0.0372. The molecule has 9 nitrogen and oxygen atoms in total. The largest absolute Gasteiger partial charge is 0.443 e. The van der Waals surface area contributed by atoms with Crippen molar-refractivity contribution < 1.29 is 24.2 Å². The zero-order valence-electron chi connectivity index (χ0n) is 20.0. The molecular weight excluding hydrogens is 492 g/mol. The lowest BCUT2D eigenvalue weighted by atomic mass is 10.1. The first kappa shape index (κ1) is 25.6. The molecule has 0 spiro atoms. The second kappa shape index (κ2) is 9.50. The van der Waals surface area contributed by atoms with Crippen molar-refractivity contribution in [3.05, 3.63) is 46.6 Å². The first-order valence-electron chi connectivity index (χ1n) is 11.3. The van der Waals surface area contributed by atoms with Gasteiger partial charge in [-0.15, -0.1) is 12.6 Å². The molecule has 2 aromatic rings. The van der Waals surface area contributed by atoms with Crippen LogP contribution < -0.4 is 10.2 Å². The van der Waals surface area contributed by atoms with E-state index in [1.54, 1.807) is 52.1 Å². The Kier molecular flexibility index (Phi) is 6.93. The molecule has 4 rings (SSSR count). The maximum Gasteiger partial charge on any atom is 0.417 e. The summed E-state index contributed by atoms with van der Waals surface area (Å²) in [5.41, 5.74) is 1.49. The van der Waals surface area contributed by atoms with Gasteiger partial charge in [0.2, 0.25) is 0 Å². The van der Waals surface area contributed by atoms with Crippen LogP contribution in [0, 0.1) is 0 Å². The molecule has 2 aliphatic rings. The van der Waals surface area contributed by atoms with Crippen molar-refractivity contribution in [2.24, 2.45) is 0 Å². The maximum atomic E-state index is 13.1. The van der Waals surface area contributed by atoms with E-state index < -0.39 is 28.6 Å². The van der Waals surface area contributed by atoms with Gasteiger partial charge in [0, 0.05) is 17.1 Å². The summed E-state index contributed by atoms with van der Waals surface area (Å²) >= 11 is 10.9. The summed E-state index contributed by atoms with van der Waals surface area (Å²) in [6.45, 7) is 8.39. The van der Waals surface area contributed by atoms with Crippen molar-refractivity contribution in [3.8, 4) is 0 Å². The van der Waals surface area contributed by atoms with Crippen LogP contribution in [-0.4, -0.2) is 63.3 Å². The molecule has 0 saturated carbocycles. The quantitative estimate of drug-likeness (QED) is 0.515. The van der Waals surface area contributed by atoms with Crippen molar-refractivity contribution in [1.29, 1.82) is 0 Å². The highest BCUT2D eigenvalue weighted by molar-refractivity contribution is 7.81. The lowest BCUT2D eigenvalue weighted by Crippen LogP contribution is -2.54. The second-order valence-corrected chi connectivity index (χ2v) is 10.8. The highest BCUT2D eigenvalue weighted by Gasteiger charge is 2.39. The Bertz CT molecular complexity index is 1140. The maximum absolute atomic E-state index is 13.1. The molecule has 1 saturated heterocycles. The number of nitrogens with zero attached hydrogens (tertiary/aromatic N) is 3. The standard InChI is InChI=1S/C24H29ClN4O5S/c1-14(30)24(35)13-28(9-10-33-24)15-5-8-19(26-11-15)27-18-7-6-17(25)16-12-29(21(31)20(16)18)22(32)34-23(2,3)4/h5-8,11,14,30,35H,9-10,12-13H2,1-4H3,(H,26,27). The zero-order valence-corrected chi connectivity index (χ0v) is 21.7. The van der Waals surface area contributed by atoms with Crippen LogP contribution in [0.25, 0.3) is 0 Å². The Hall–Kier alpha value is -2.53. The predicted molar refractivity (Wildman–Crippen MR) is 137 cm³/mol. The summed E-state index contributed by atoms with van der Waals surface area (Å²) in [6.07, 6.45) is 0.243. The molecule has 2 aliphatic heterocycles. The number of pyridine rings is 1. The number of rotatable bonds is 4. The Labute approximate surface area is 214 Å². The van der Waals surface area contributed by atoms with Crippen LogP contribution in [0.4, 0.5) is 22.0 Å². The fourth-order valence-electron chi connectivity index (χ4n) is 3.94. The van der Waals surface area contributed by atoms with Crippen molar-refractivity contribution in [1.82, 2.24) is 9.88 Å². The molecule has 0 bridgehead atoms. The molecule has 11 heteroatoms. The smallest absolute Gasteiger partial charge is 0.417 e. The molecule has 3 heterocycles. The van der Waals surface area contributed by atoms with E-state index in [0.717, 1.165) is 10.6 Å². The van der Waals surface area contributed by atoms with Crippen LogP contribution >= 0.6 is 24.2 Å². The monoisotopic (exact) mass is 520 g/mol. The summed E-state index contributed by atoms with van der Waals surface area (Å²) in [7, 11) is 0. The number of thiol groups is 1. The molecular formula is C24H29ClN4O5S. The Morgan fingerprint density at radius 2 is 2.09 bits per heavy atom. The molecule has 2 N–H and O–H groups in total. The van der Waals surface area contributed by atoms with E-state index in [1.165, 1.54) is 0 Å². The SMILES string of the molecule is CC(O)C1(S)CN(c2ccc(Nc3ccc(Cl)c4c3C(=O)N(C(=O)OC(C)(C)C)C4)nc2)CCO1. The molecule has 0 radical (unpaired) electrons. The number of hydrogen-bond acceptors (Lipinski definition) is 9. The Balaban J connectivity index is 1.52. The third-order valence-corrected chi connectivity index (χ3v) is 6.80. The fourth-order valence-corrected chi connectivity index (χ4v) is 4.42. The van der Waals surface area contributed by atoms with E-state index in [4.69, 9.17) is 21.1 Å². The number of amides is 2. The van der Waals surface area contributed by atoms with Crippen molar-refractivity contribution in [2.45, 2.75) is 50.9 Å². The molecule has 188 valence electrons. The van der Waals surface area contributed by atoms with Gasteiger partial charge in [0.15, 0.2) is 4.93 Å². The van der Waals surface area contributed by atoms with Gasteiger partial charge >= 0.3 is 6.09 Å². The Morgan fingerprint density at radius 1 is 1.34 bits per heavy atom. The molecule has 0 aliphatic carbocycles. The van der Waals surface area contributed by atoms with E-state index in [9.17, 15) is 14.7 Å². The number of carbonyl (C=O) groups is 2. The minimum absolute atomic E-state index is 0.0373. The van der Waals surface area contributed by atoms with Crippen LogP contribution in [0.15, 0.2) is 30.5 Å². The highest BCUT2D eigenvalue weighted by atomic mass is 35.5. The van der Waals surface area contributed by atoms with Crippen molar-refractivity contribution in [3.63, 3.8) is 0 Å². The van der Waals surface area contributed by atoms with Crippen LogP contribution in [0.5, 0.6) is 0 Å². The first-order valence-corrected chi connectivity index (χ1v) is 12.1. The van der Waals surface area contributed by atoms with E-state index in [0.29, 0.717) is 47.4 Å². The minimum Gasteiger partial charge on any atom is -0.443 e. The van der Waals surface area contributed by atoms with Gasteiger partial charge in [-0.3, -0.25) is 4.79 Å². The van der Waals surface area contributed by atoms with E-state index in [2.05, 4.69) is 22.9 Å². The van der Waals surface area contributed by atoms with Crippen LogP contribution in [-0.2, 0) is 16.0 Å². The Morgan fingerprint density at radius 3 is 2.71 bits per heavy atom. The van der Waals surface area contributed by atoms with Crippen LogP contribution in [0.1, 0.15) is 43.6 Å². The van der Waals surface area contributed by atoms with Crippen LogP contribution in [0.2, 0.25) is 5.02 Å². The number of carbonyl (C=O) groups excluding carboxylic acids is 2. The number of imide groups is 1. The fraction of sp³-hybridized carbons (Fsp3) is 0.458. The van der Waals surface area contributed by atoms with Crippen molar-refractivity contribution >= 4 is 53.4 Å². The number of nitrogens with one attached hydrogen (secondary N) is 1. The lowest BCUT2D eigenvalue weighted by molar-refractivity contribution is -0.0601. The number of hydrogen-bond donors (Lipinski definition) is 3. The third-order valence-electron chi connectivity index (χ3n) is 5.80. The average molecular weight is 521 g/mol.